The first-order valence-electron chi connectivity index (χ1n) is 5.37. The van der Waals surface area contributed by atoms with Gasteiger partial charge in [0, 0.05) is 19.6 Å². The highest BCUT2D eigenvalue weighted by atomic mass is 16.6. The lowest BCUT2D eigenvalue weighted by Gasteiger charge is -2.20. The Morgan fingerprint density at radius 2 is 1.88 bits per heavy atom. The van der Waals surface area contributed by atoms with Crippen LogP contribution in [0.3, 0.4) is 0 Å². The normalized spacial score (nSPS) is 11.6. The van der Waals surface area contributed by atoms with Crippen LogP contribution < -0.4 is 16.8 Å². The molecule has 0 spiro atoms. The van der Waals surface area contributed by atoms with E-state index in [1.807, 2.05) is 20.8 Å². The molecule has 0 aliphatic rings. The van der Waals surface area contributed by atoms with Crippen LogP contribution in [0.5, 0.6) is 0 Å². The average Bonchev–Trinajstić information content (AvgIpc) is 2.15. The predicted octanol–water partition coefficient (Wildman–Crippen LogP) is -0.186. The summed E-state index contributed by atoms with van der Waals surface area (Å²) < 4.78 is 10.3. The third kappa shape index (κ3) is 8.46. The lowest BCUT2D eigenvalue weighted by Crippen LogP contribution is -2.37. The van der Waals surface area contributed by atoms with Crippen molar-refractivity contribution in [2.45, 2.75) is 32.5 Å². The zero-order chi connectivity index (χ0) is 12.6. The summed E-state index contributed by atoms with van der Waals surface area (Å²) in [4.78, 5) is 11.2. The van der Waals surface area contributed by atoms with Gasteiger partial charge in [0.2, 0.25) is 0 Å². The van der Waals surface area contributed by atoms with Crippen LogP contribution in [0.4, 0.5) is 4.79 Å². The Morgan fingerprint density at radius 3 is 2.31 bits per heavy atom. The molecule has 0 aliphatic carbocycles. The molecule has 0 aromatic heterocycles. The van der Waals surface area contributed by atoms with E-state index in [1.54, 1.807) is 0 Å². The second-order valence-electron chi connectivity index (χ2n) is 4.39. The van der Waals surface area contributed by atoms with E-state index in [4.69, 9.17) is 20.9 Å². The van der Waals surface area contributed by atoms with Gasteiger partial charge in [0.15, 0.2) is 0 Å². The lowest BCUT2D eigenvalue weighted by molar-refractivity contribution is 0.0432. The van der Waals surface area contributed by atoms with Crippen molar-refractivity contribution in [2.24, 2.45) is 11.5 Å². The molecular weight excluding hydrogens is 210 g/mol. The SMILES string of the molecule is CC(C)(C)OC(=O)NCCOC(CN)CN. The van der Waals surface area contributed by atoms with E-state index in [0.717, 1.165) is 0 Å². The standard InChI is InChI=1S/C10H23N3O3/c1-10(2,3)16-9(14)13-4-5-15-8(6-11)7-12/h8H,4-7,11-12H2,1-3H3,(H,13,14). The second-order valence-corrected chi connectivity index (χ2v) is 4.39. The molecule has 16 heavy (non-hydrogen) atoms. The van der Waals surface area contributed by atoms with Crippen molar-refractivity contribution >= 4 is 6.09 Å². The summed E-state index contributed by atoms with van der Waals surface area (Å²) in [7, 11) is 0. The van der Waals surface area contributed by atoms with Gasteiger partial charge < -0.3 is 26.3 Å². The summed E-state index contributed by atoms with van der Waals surface area (Å²) in [6.07, 6.45) is -0.603. The molecule has 0 saturated heterocycles. The maximum Gasteiger partial charge on any atom is 0.407 e. The molecule has 96 valence electrons. The van der Waals surface area contributed by atoms with Crippen molar-refractivity contribution in [1.29, 1.82) is 0 Å². The minimum Gasteiger partial charge on any atom is -0.444 e. The number of amides is 1. The minimum atomic E-state index is -0.484. The van der Waals surface area contributed by atoms with Gasteiger partial charge in [-0.15, -0.1) is 0 Å². The number of carbonyl (C=O) groups is 1. The summed E-state index contributed by atoms with van der Waals surface area (Å²) in [6, 6.07) is 0. The van der Waals surface area contributed by atoms with Crippen LogP contribution in [-0.4, -0.2) is 44.0 Å². The summed E-state index contributed by atoms with van der Waals surface area (Å²) in [5, 5.41) is 2.57. The van der Waals surface area contributed by atoms with Gasteiger partial charge in [-0.25, -0.2) is 4.79 Å². The van der Waals surface area contributed by atoms with E-state index >= 15 is 0 Å². The average molecular weight is 233 g/mol. The largest absolute Gasteiger partial charge is 0.444 e. The first kappa shape index (κ1) is 15.2. The van der Waals surface area contributed by atoms with Gasteiger partial charge in [0.25, 0.3) is 0 Å². The van der Waals surface area contributed by atoms with Crippen molar-refractivity contribution in [2.75, 3.05) is 26.2 Å². The summed E-state index contributed by atoms with van der Waals surface area (Å²) in [5.41, 5.74) is 10.3. The molecule has 0 saturated carbocycles. The molecule has 0 heterocycles. The van der Waals surface area contributed by atoms with Crippen LogP contribution in [0.2, 0.25) is 0 Å². The highest BCUT2D eigenvalue weighted by molar-refractivity contribution is 5.67. The van der Waals surface area contributed by atoms with Crippen molar-refractivity contribution in [3.8, 4) is 0 Å². The first-order valence-corrected chi connectivity index (χ1v) is 5.37. The summed E-state index contributed by atoms with van der Waals surface area (Å²) in [5.74, 6) is 0. The summed E-state index contributed by atoms with van der Waals surface area (Å²) in [6.45, 7) is 6.93. The zero-order valence-electron chi connectivity index (χ0n) is 10.3. The van der Waals surface area contributed by atoms with E-state index in [0.29, 0.717) is 26.2 Å². The van der Waals surface area contributed by atoms with Gasteiger partial charge in [-0.05, 0) is 20.8 Å². The van der Waals surface area contributed by atoms with Gasteiger partial charge in [0.1, 0.15) is 5.60 Å². The molecule has 0 rings (SSSR count). The highest BCUT2D eigenvalue weighted by Gasteiger charge is 2.15. The number of carbonyl (C=O) groups excluding carboxylic acids is 1. The second kappa shape index (κ2) is 7.43. The molecule has 0 aliphatic heterocycles. The van der Waals surface area contributed by atoms with Gasteiger partial charge >= 0.3 is 6.09 Å². The number of hydrogen-bond acceptors (Lipinski definition) is 5. The Bertz CT molecular complexity index is 200. The number of nitrogens with one attached hydrogen (secondary N) is 1. The molecule has 6 nitrogen and oxygen atoms in total. The minimum absolute atomic E-state index is 0.152. The van der Waals surface area contributed by atoms with Crippen LogP contribution in [0.25, 0.3) is 0 Å². The smallest absolute Gasteiger partial charge is 0.407 e. The first-order chi connectivity index (χ1) is 7.39. The number of hydrogen-bond donors (Lipinski definition) is 3. The van der Waals surface area contributed by atoms with Crippen molar-refractivity contribution in [3.05, 3.63) is 0 Å². The third-order valence-electron chi connectivity index (χ3n) is 1.65. The van der Waals surface area contributed by atoms with Crippen molar-refractivity contribution in [1.82, 2.24) is 5.32 Å². The number of alkyl carbamates (subject to hydrolysis) is 1. The van der Waals surface area contributed by atoms with Crippen LogP contribution in [0.1, 0.15) is 20.8 Å². The van der Waals surface area contributed by atoms with Crippen LogP contribution in [0.15, 0.2) is 0 Å². The molecule has 0 bridgehead atoms. The molecule has 0 unspecified atom stereocenters. The maximum absolute atomic E-state index is 11.2. The Labute approximate surface area is 96.6 Å². The predicted molar refractivity (Wildman–Crippen MR) is 62.1 cm³/mol. The topological polar surface area (TPSA) is 99.6 Å². The van der Waals surface area contributed by atoms with Gasteiger partial charge in [-0.1, -0.05) is 0 Å². The molecule has 5 N–H and O–H groups in total. The van der Waals surface area contributed by atoms with Gasteiger partial charge in [-0.3, -0.25) is 0 Å². The van der Waals surface area contributed by atoms with E-state index in [1.165, 1.54) is 0 Å². The molecule has 0 atom stereocenters. The van der Waals surface area contributed by atoms with Crippen LogP contribution >= 0.6 is 0 Å². The lowest BCUT2D eigenvalue weighted by atomic mass is 10.2. The molecule has 0 radical (unpaired) electrons. The molecule has 6 heteroatoms. The quantitative estimate of drug-likeness (QED) is 0.552. The number of ether oxygens (including phenoxy) is 2. The Balaban J connectivity index is 3.55. The monoisotopic (exact) mass is 233 g/mol. The molecule has 0 aromatic rings. The van der Waals surface area contributed by atoms with E-state index in [9.17, 15) is 4.79 Å². The van der Waals surface area contributed by atoms with E-state index in [-0.39, 0.29) is 6.10 Å². The van der Waals surface area contributed by atoms with E-state index in [2.05, 4.69) is 5.32 Å². The fraction of sp³-hybridized carbons (Fsp3) is 0.900. The fourth-order valence-corrected chi connectivity index (χ4v) is 0.925. The third-order valence-corrected chi connectivity index (χ3v) is 1.65. The Morgan fingerprint density at radius 1 is 1.31 bits per heavy atom. The van der Waals surface area contributed by atoms with Crippen molar-refractivity contribution < 1.29 is 14.3 Å². The Kier molecular flexibility index (Phi) is 7.03. The fourth-order valence-electron chi connectivity index (χ4n) is 0.925. The van der Waals surface area contributed by atoms with Crippen LogP contribution in [0, 0.1) is 0 Å². The Hall–Kier alpha value is -0.850. The highest BCUT2D eigenvalue weighted by Crippen LogP contribution is 2.05. The van der Waals surface area contributed by atoms with Gasteiger partial charge in [0.05, 0.1) is 12.7 Å². The molecular formula is C10H23N3O3. The molecule has 0 aromatic carbocycles. The van der Waals surface area contributed by atoms with E-state index < -0.39 is 11.7 Å². The molecule has 1 amide bonds. The molecule has 0 fully saturated rings. The number of rotatable bonds is 6. The van der Waals surface area contributed by atoms with Crippen molar-refractivity contribution in [3.63, 3.8) is 0 Å². The van der Waals surface area contributed by atoms with Gasteiger partial charge in [-0.2, -0.15) is 0 Å². The van der Waals surface area contributed by atoms with Crippen LogP contribution in [-0.2, 0) is 9.47 Å². The zero-order valence-corrected chi connectivity index (χ0v) is 10.3. The number of nitrogens with two attached hydrogens (primary N) is 2. The summed E-state index contributed by atoms with van der Waals surface area (Å²) >= 11 is 0. The maximum atomic E-state index is 11.2.